The molecule has 0 radical (unpaired) electrons. The van der Waals surface area contributed by atoms with Gasteiger partial charge in [0.05, 0.1) is 17.8 Å². The minimum absolute atomic E-state index is 0.182. The van der Waals surface area contributed by atoms with Gasteiger partial charge in [0.15, 0.2) is 0 Å². The van der Waals surface area contributed by atoms with E-state index in [4.69, 9.17) is 23.2 Å². The number of halogens is 2. The summed E-state index contributed by atoms with van der Waals surface area (Å²) in [4.78, 5) is 17.4. The Labute approximate surface area is 205 Å². The highest BCUT2D eigenvalue weighted by Crippen LogP contribution is 2.25. The lowest BCUT2D eigenvalue weighted by Gasteiger charge is -2.04. The van der Waals surface area contributed by atoms with Crippen molar-refractivity contribution in [3.05, 3.63) is 113 Å². The van der Waals surface area contributed by atoms with Crippen molar-refractivity contribution in [2.45, 2.75) is 6.54 Å². The summed E-state index contributed by atoms with van der Waals surface area (Å²) in [6.45, 7) is 0.389. The number of aromatic nitrogens is 5. The van der Waals surface area contributed by atoms with Crippen LogP contribution in [0.4, 0.5) is 5.95 Å². The van der Waals surface area contributed by atoms with Crippen LogP contribution in [-0.2, 0) is 6.54 Å². The first kappa shape index (κ1) is 21.9. The van der Waals surface area contributed by atoms with Gasteiger partial charge in [-0.2, -0.15) is 5.10 Å². The zero-order chi connectivity index (χ0) is 23.5. The van der Waals surface area contributed by atoms with Crippen LogP contribution >= 0.6 is 23.2 Å². The molecular formula is C25H18Cl2N6O. The Bertz CT molecular complexity index is 1450. The van der Waals surface area contributed by atoms with Crippen molar-refractivity contribution in [3.8, 4) is 16.9 Å². The maximum absolute atomic E-state index is 13.2. The number of para-hydroxylation sites is 1. The van der Waals surface area contributed by atoms with E-state index in [0.29, 0.717) is 27.8 Å². The Morgan fingerprint density at radius 3 is 2.38 bits per heavy atom. The zero-order valence-corrected chi connectivity index (χ0v) is 19.3. The molecule has 2 heterocycles. The van der Waals surface area contributed by atoms with E-state index in [1.807, 2.05) is 66.7 Å². The molecule has 2 aromatic heterocycles. The lowest BCUT2D eigenvalue weighted by atomic mass is 10.1. The second-order valence-electron chi connectivity index (χ2n) is 7.49. The lowest BCUT2D eigenvalue weighted by Crippen LogP contribution is -2.14. The molecule has 0 aliphatic heterocycles. The number of carbonyl (C=O) groups is 1. The van der Waals surface area contributed by atoms with Gasteiger partial charge in [-0.25, -0.2) is 14.3 Å². The summed E-state index contributed by atoms with van der Waals surface area (Å²) >= 11 is 12.2. The van der Waals surface area contributed by atoms with E-state index in [1.165, 1.54) is 6.33 Å². The Balaban J connectivity index is 1.41. The van der Waals surface area contributed by atoms with Gasteiger partial charge in [0.25, 0.3) is 5.91 Å². The number of carbonyl (C=O) groups excluding carboxylic acids is 1. The van der Waals surface area contributed by atoms with Crippen molar-refractivity contribution in [1.29, 1.82) is 0 Å². The van der Waals surface area contributed by atoms with Crippen molar-refractivity contribution >= 4 is 35.1 Å². The van der Waals surface area contributed by atoms with E-state index < -0.39 is 0 Å². The maximum atomic E-state index is 13.2. The van der Waals surface area contributed by atoms with Crippen LogP contribution in [0.3, 0.4) is 0 Å². The summed E-state index contributed by atoms with van der Waals surface area (Å²) in [6.07, 6.45) is 3.24. The predicted octanol–water partition coefficient (Wildman–Crippen LogP) is 5.74. The molecule has 168 valence electrons. The first-order valence-corrected chi connectivity index (χ1v) is 11.2. The minimum atomic E-state index is -0.358. The van der Waals surface area contributed by atoms with E-state index in [1.54, 1.807) is 27.7 Å². The lowest BCUT2D eigenvalue weighted by molar-refractivity contribution is 0.102. The van der Waals surface area contributed by atoms with Crippen molar-refractivity contribution < 1.29 is 4.79 Å². The number of rotatable bonds is 6. The van der Waals surface area contributed by atoms with Crippen molar-refractivity contribution in [2.75, 3.05) is 5.32 Å². The molecule has 7 nitrogen and oxygen atoms in total. The third kappa shape index (κ3) is 4.71. The van der Waals surface area contributed by atoms with Gasteiger partial charge in [0.1, 0.15) is 12.0 Å². The molecule has 0 aliphatic rings. The quantitative estimate of drug-likeness (QED) is 0.330. The number of amides is 1. The highest BCUT2D eigenvalue weighted by Gasteiger charge is 2.20. The molecule has 0 atom stereocenters. The minimum Gasteiger partial charge on any atom is -0.289 e. The molecule has 0 aliphatic carbocycles. The fourth-order valence-electron chi connectivity index (χ4n) is 3.48. The summed E-state index contributed by atoms with van der Waals surface area (Å²) < 4.78 is 3.28. The van der Waals surface area contributed by atoms with Crippen molar-refractivity contribution in [2.24, 2.45) is 0 Å². The van der Waals surface area contributed by atoms with Crippen LogP contribution in [0.1, 0.15) is 15.9 Å². The Hall–Kier alpha value is -3.94. The summed E-state index contributed by atoms with van der Waals surface area (Å²) in [5, 5.41) is 12.9. The molecule has 1 N–H and O–H groups in total. The highest BCUT2D eigenvalue weighted by atomic mass is 35.5. The monoisotopic (exact) mass is 488 g/mol. The molecule has 0 saturated carbocycles. The number of hydrogen-bond acceptors (Lipinski definition) is 4. The smallest absolute Gasteiger partial charge is 0.261 e. The van der Waals surface area contributed by atoms with Gasteiger partial charge in [-0.05, 0) is 29.8 Å². The van der Waals surface area contributed by atoms with Crippen LogP contribution in [0, 0.1) is 0 Å². The van der Waals surface area contributed by atoms with Crippen LogP contribution in [0.2, 0.25) is 10.0 Å². The third-order valence-electron chi connectivity index (χ3n) is 5.14. The maximum Gasteiger partial charge on any atom is 0.261 e. The van der Waals surface area contributed by atoms with Gasteiger partial charge >= 0.3 is 0 Å². The molecular weight excluding hydrogens is 471 g/mol. The van der Waals surface area contributed by atoms with Crippen LogP contribution in [-0.4, -0.2) is 30.5 Å². The number of nitrogens with zero attached hydrogens (tertiary/aromatic N) is 5. The van der Waals surface area contributed by atoms with Gasteiger partial charge in [0, 0.05) is 21.8 Å². The van der Waals surface area contributed by atoms with Crippen LogP contribution in [0.15, 0.2) is 91.4 Å². The van der Waals surface area contributed by atoms with Crippen LogP contribution in [0.25, 0.3) is 16.9 Å². The third-order valence-corrected chi connectivity index (χ3v) is 5.72. The molecule has 0 bridgehead atoms. The SMILES string of the molecule is O=C(Nc1ncn(Cc2ccc(Cl)cc2Cl)n1)c1cn(-c2ccccc2)nc1-c1ccccc1. The molecule has 0 unspecified atom stereocenters. The summed E-state index contributed by atoms with van der Waals surface area (Å²) in [7, 11) is 0. The molecule has 0 saturated heterocycles. The fraction of sp³-hybridized carbons (Fsp3) is 0.0400. The van der Waals surface area contributed by atoms with Crippen molar-refractivity contribution in [1.82, 2.24) is 24.5 Å². The molecule has 5 aromatic rings. The van der Waals surface area contributed by atoms with Crippen LogP contribution in [0.5, 0.6) is 0 Å². The van der Waals surface area contributed by atoms with Gasteiger partial charge in [0.2, 0.25) is 5.95 Å². The van der Waals surface area contributed by atoms with Gasteiger partial charge in [-0.3, -0.25) is 10.1 Å². The standard InChI is InChI=1S/C25H18Cl2N6O/c26-19-12-11-18(22(27)13-19)14-32-16-28-25(31-32)29-24(34)21-15-33(20-9-5-2-6-10-20)30-23(21)17-7-3-1-4-8-17/h1-13,15-16H,14H2,(H,29,31,34). The van der Waals surface area contributed by atoms with Gasteiger partial charge < -0.3 is 0 Å². The van der Waals surface area contributed by atoms with E-state index in [-0.39, 0.29) is 11.9 Å². The first-order chi connectivity index (χ1) is 16.6. The average Bonchev–Trinajstić information content (AvgIpc) is 3.49. The molecule has 1 amide bonds. The molecule has 9 heteroatoms. The predicted molar refractivity (Wildman–Crippen MR) is 133 cm³/mol. The summed E-state index contributed by atoms with van der Waals surface area (Å²) in [5.41, 5.74) is 3.49. The Morgan fingerprint density at radius 2 is 1.65 bits per heavy atom. The molecule has 3 aromatic carbocycles. The van der Waals surface area contributed by atoms with E-state index in [2.05, 4.69) is 20.5 Å². The number of anilines is 1. The zero-order valence-electron chi connectivity index (χ0n) is 17.8. The number of hydrogen-bond donors (Lipinski definition) is 1. The Kier molecular flexibility index (Phi) is 6.12. The fourth-order valence-corrected chi connectivity index (χ4v) is 3.95. The number of benzene rings is 3. The molecule has 34 heavy (non-hydrogen) atoms. The van der Waals surface area contributed by atoms with Crippen LogP contribution < -0.4 is 5.32 Å². The Morgan fingerprint density at radius 1 is 0.912 bits per heavy atom. The van der Waals surface area contributed by atoms with E-state index in [0.717, 1.165) is 16.8 Å². The molecule has 0 spiro atoms. The van der Waals surface area contributed by atoms with Crippen molar-refractivity contribution in [3.63, 3.8) is 0 Å². The normalized spacial score (nSPS) is 10.9. The first-order valence-electron chi connectivity index (χ1n) is 10.4. The topological polar surface area (TPSA) is 77.6 Å². The largest absolute Gasteiger partial charge is 0.289 e. The average molecular weight is 489 g/mol. The second-order valence-corrected chi connectivity index (χ2v) is 8.34. The van der Waals surface area contributed by atoms with Gasteiger partial charge in [-0.15, -0.1) is 5.10 Å². The highest BCUT2D eigenvalue weighted by molar-refractivity contribution is 6.35. The second kappa shape index (κ2) is 9.51. The summed E-state index contributed by atoms with van der Waals surface area (Å²) in [5.74, 6) is -0.176. The molecule has 5 rings (SSSR count). The number of nitrogens with one attached hydrogen (secondary N) is 1. The van der Waals surface area contributed by atoms with Gasteiger partial charge in [-0.1, -0.05) is 77.8 Å². The summed E-state index contributed by atoms with van der Waals surface area (Å²) in [6, 6.07) is 24.4. The molecule has 0 fully saturated rings. The van der Waals surface area contributed by atoms with E-state index in [9.17, 15) is 4.79 Å². The van der Waals surface area contributed by atoms with E-state index >= 15 is 0 Å².